The Hall–Kier alpha value is -5.10. The highest BCUT2D eigenvalue weighted by Gasteiger charge is 2.23. The Morgan fingerprint density at radius 1 is 0.370 bits per heavy atom. The molecule has 0 spiro atoms. The van der Waals surface area contributed by atoms with Crippen LogP contribution in [0.25, 0.3) is 0 Å². The summed E-state index contributed by atoms with van der Waals surface area (Å²) in [6.07, 6.45) is 5.19. The fourth-order valence-electron chi connectivity index (χ4n) is 5.76. The lowest BCUT2D eigenvalue weighted by Gasteiger charge is -2.19. The number of rotatable bonds is 11. The molecule has 0 N–H and O–H groups in total. The van der Waals surface area contributed by atoms with Gasteiger partial charge in [0.15, 0.2) is 0 Å². The standard InChI is InChI=1S/C40H40N6/c1-27(2)31-17-11-21-37(45-31)39(33-15-5-7-25-41-33)35-19-9-13-29(43-35)23-24-30-14-10-20-36(44-30)40(34-16-6-8-26-42-34)38-22-12-18-32(46-38)28(3)4/h5-22,25-28,39-40H,23-24H2,1-4H3/t39-,40+. The van der Waals surface area contributed by atoms with Crippen molar-refractivity contribution in [2.75, 3.05) is 0 Å². The van der Waals surface area contributed by atoms with Gasteiger partial charge in [-0.3, -0.25) is 29.9 Å². The van der Waals surface area contributed by atoms with Gasteiger partial charge < -0.3 is 0 Å². The van der Waals surface area contributed by atoms with Gasteiger partial charge in [-0.25, -0.2) is 0 Å². The predicted molar refractivity (Wildman–Crippen MR) is 183 cm³/mol. The first-order valence-corrected chi connectivity index (χ1v) is 16.1. The van der Waals surface area contributed by atoms with Crippen LogP contribution < -0.4 is 0 Å². The molecule has 0 saturated carbocycles. The van der Waals surface area contributed by atoms with E-state index in [1.165, 1.54) is 0 Å². The zero-order chi connectivity index (χ0) is 31.9. The van der Waals surface area contributed by atoms with Crippen LogP contribution in [0.4, 0.5) is 0 Å². The Morgan fingerprint density at radius 2 is 0.717 bits per heavy atom. The van der Waals surface area contributed by atoms with Gasteiger partial charge in [-0.2, -0.15) is 0 Å². The van der Waals surface area contributed by atoms with E-state index in [4.69, 9.17) is 29.9 Å². The summed E-state index contributed by atoms with van der Waals surface area (Å²) in [7, 11) is 0. The Morgan fingerprint density at radius 3 is 1.09 bits per heavy atom. The summed E-state index contributed by atoms with van der Waals surface area (Å²) in [5.74, 6) is 0.349. The zero-order valence-electron chi connectivity index (χ0n) is 27.0. The molecule has 2 atom stereocenters. The van der Waals surface area contributed by atoms with E-state index < -0.39 is 0 Å². The van der Waals surface area contributed by atoms with Gasteiger partial charge in [0.05, 0.1) is 46.0 Å². The van der Waals surface area contributed by atoms with Crippen molar-refractivity contribution in [3.8, 4) is 0 Å². The van der Waals surface area contributed by atoms with Crippen molar-refractivity contribution < 1.29 is 0 Å². The van der Waals surface area contributed by atoms with Gasteiger partial charge in [-0.15, -0.1) is 0 Å². The van der Waals surface area contributed by atoms with Crippen molar-refractivity contribution in [3.05, 3.63) is 179 Å². The van der Waals surface area contributed by atoms with Gasteiger partial charge in [0, 0.05) is 35.2 Å². The topological polar surface area (TPSA) is 77.3 Å². The third-order valence-electron chi connectivity index (χ3n) is 8.21. The summed E-state index contributed by atoms with van der Waals surface area (Å²) < 4.78 is 0. The van der Waals surface area contributed by atoms with E-state index >= 15 is 0 Å². The molecule has 0 unspecified atom stereocenters. The average Bonchev–Trinajstić information content (AvgIpc) is 3.09. The van der Waals surface area contributed by atoms with Crippen LogP contribution in [0.1, 0.15) is 108 Å². The second-order valence-corrected chi connectivity index (χ2v) is 12.3. The highest BCUT2D eigenvalue weighted by molar-refractivity contribution is 5.37. The van der Waals surface area contributed by atoms with Crippen LogP contribution in [0.2, 0.25) is 0 Å². The molecular formula is C40H40N6. The Bertz CT molecular complexity index is 1730. The maximum absolute atomic E-state index is 5.17. The quantitative estimate of drug-likeness (QED) is 0.148. The van der Waals surface area contributed by atoms with Crippen molar-refractivity contribution in [1.29, 1.82) is 0 Å². The van der Waals surface area contributed by atoms with Crippen LogP contribution >= 0.6 is 0 Å². The van der Waals surface area contributed by atoms with E-state index in [2.05, 4.69) is 113 Å². The van der Waals surface area contributed by atoms with Crippen LogP contribution in [0, 0.1) is 0 Å². The molecule has 0 aromatic carbocycles. The van der Waals surface area contributed by atoms with Crippen molar-refractivity contribution in [2.24, 2.45) is 0 Å². The highest BCUT2D eigenvalue weighted by Crippen LogP contribution is 2.31. The largest absolute Gasteiger partial charge is 0.260 e. The van der Waals surface area contributed by atoms with Crippen LogP contribution in [0.5, 0.6) is 0 Å². The van der Waals surface area contributed by atoms with Gasteiger partial charge in [0.1, 0.15) is 0 Å². The van der Waals surface area contributed by atoms with Crippen LogP contribution in [0.3, 0.4) is 0 Å². The maximum Gasteiger partial charge on any atom is 0.0858 e. The number of hydrogen-bond acceptors (Lipinski definition) is 6. The van der Waals surface area contributed by atoms with Crippen molar-refractivity contribution in [3.63, 3.8) is 0 Å². The average molecular weight is 605 g/mol. The molecule has 0 fully saturated rings. The van der Waals surface area contributed by atoms with Crippen LogP contribution in [0.15, 0.2) is 122 Å². The molecule has 6 heteroatoms. The van der Waals surface area contributed by atoms with Gasteiger partial charge in [-0.1, -0.05) is 64.1 Å². The fraction of sp³-hybridized carbons (Fsp3) is 0.250. The Kier molecular flexibility index (Phi) is 9.63. The maximum atomic E-state index is 5.17. The van der Waals surface area contributed by atoms with E-state index in [9.17, 15) is 0 Å². The monoisotopic (exact) mass is 604 g/mol. The second kappa shape index (κ2) is 14.3. The second-order valence-electron chi connectivity index (χ2n) is 12.3. The lowest BCUT2D eigenvalue weighted by molar-refractivity contribution is 0.762. The summed E-state index contributed by atoms with van der Waals surface area (Å²) in [6, 6.07) is 37.1. The molecule has 0 saturated heterocycles. The van der Waals surface area contributed by atoms with Gasteiger partial charge in [0.2, 0.25) is 0 Å². The molecular weight excluding hydrogens is 564 g/mol. The van der Waals surface area contributed by atoms with E-state index in [0.29, 0.717) is 11.8 Å². The summed E-state index contributed by atoms with van der Waals surface area (Å²) in [4.78, 5) is 29.9. The minimum Gasteiger partial charge on any atom is -0.260 e. The summed E-state index contributed by atoms with van der Waals surface area (Å²) in [5, 5.41) is 0. The number of aromatic nitrogens is 6. The van der Waals surface area contributed by atoms with E-state index in [1.807, 2.05) is 36.7 Å². The normalized spacial score (nSPS) is 12.7. The third kappa shape index (κ3) is 7.23. The molecule has 0 bridgehead atoms. The van der Waals surface area contributed by atoms with Gasteiger partial charge >= 0.3 is 0 Å². The molecule has 230 valence electrons. The molecule has 6 aromatic heterocycles. The first kappa shape index (κ1) is 30.9. The molecule has 0 aliphatic rings. The first-order chi connectivity index (χ1) is 22.5. The summed E-state index contributed by atoms with van der Waals surface area (Å²) in [6.45, 7) is 8.67. The SMILES string of the molecule is CC(C)c1cccc([C@H](c2ccccn2)c2cccc(CCc3cccc([C@H](c4ccccn4)c4cccc(C(C)C)n4)n3)n2)n1. The van der Waals surface area contributed by atoms with E-state index in [0.717, 1.165) is 69.8 Å². The van der Waals surface area contributed by atoms with E-state index in [-0.39, 0.29) is 11.8 Å². The highest BCUT2D eigenvalue weighted by atomic mass is 14.8. The molecule has 6 heterocycles. The lowest BCUT2D eigenvalue weighted by atomic mass is 9.94. The molecule has 6 rings (SSSR count). The molecule has 0 amide bonds. The molecule has 0 aliphatic heterocycles. The smallest absolute Gasteiger partial charge is 0.0858 e. The van der Waals surface area contributed by atoms with Crippen molar-refractivity contribution in [2.45, 2.75) is 64.2 Å². The number of aryl methyl sites for hydroxylation is 2. The number of hydrogen-bond donors (Lipinski definition) is 0. The molecule has 0 radical (unpaired) electrons. The fourth-order valence-corrected chi connectivity index (χ4v) is 5.76. The summed E-state index contributed by atoms with van der Waals surface area (Å²) >= 11 is 0. The summed E-state index contributed by atoms with van der Waals surface area (Å²) in [5.41, 5.74) is 9.83. The third-order valence-corrected chi connectivity index (χ3v) is 8.21. The lowest BCUT2D eigenvalue weighted by Crippen LogP contribution is -2.12. The molecule has 0 aliphatic carbocycles. The van der Waals surface area contributed by atoms with Crippen molar-refractivity contribution in [1.82, 2.24) is 29.9 Å². The minimum atomic E-state index is -0.158. The number of pyridine rings is 6. The first-order valence-electron chi connectivity index (χ1n) is 16.1. The van der Waals surface area contributed by atoms with Crippen molar-refractivity contribution >= 4 is 0 Å². The van der Waals surface area contributed by atoms with E-state index in [1.54, 1.807) is 0 Å². The molecule has 6 nitrogen and oxygen atoms in total. The molecule has 6 aromatic rings. The van der Waals surface area contributed by atoms with Crippen LogP contribution in [-0.2, 0) is 12.8 Å². The van der Waals surface area contributed by atoms with Gasteiger partial charge in [-0.05, 0) is 97.5 Å². The number of nitrogens with zero attached hydrogens (tertiary/aromatic N) is 6. The zero-order valence-corrected chi connectivity index (χ0v) is 27.0. The Balaban J connectivity index is 1.29. The predicted octanol–water partition coefficient (Wildman–Crippen LogP) is 8.45. The Labute approximate surface area is 272 Å². The minimum absolute atomic E-state index is 0.158. The van der Waals surface area contributed by atoms with Crippen LogP contribution in [-0.4, -0.2) is 29.9 Å². The van der Waals surface area contributed by atoms with Gasteiger partial charge in [0.25, 0.3) is 0 Å². The molecule has 46 heavy (non-hydrogen) atoms.